The van der Waals surface area contributed by atoms with Gasteiger partial charge in [0.25, 0.3) is 11.8 Å². The van der Waals surface area contributed by atoms with E-state index < -0.39 is 17.8 Å². The highest BCUT2D eigenvalue weighted by atomic mass is 35.5. The second-order valence-electron chi connectivity index (χ2n) is 5.30. The van der Waals surface area contributed by atoms with Gasteiger partial charge < -0.3 is 4.74 Å². The fourth-order valence-corrected chi connectivity index (χ4v) is 2.93. The molecule has 1 aliphatic rings. The van der Waals surface area contributed by atoms with Gasteiger partial charge in [0, 0.05) is 10.0 Å². The predicted octanol–water partition coefficient (Wildman–Crippen LogP) is 3.67. The maximum absolute atomic E-state index is 12.8. The summed E-state index contributed by atoms with van der Waals surface area (Å²) in [6, 6.07) is 10.3. The van der Waals surface area contributed by atoms with E-state index in [-0.39, 0.29) is 16.3 Å². The number of hydrogen-bond donors (Lipinski definition) is 1. The monoisotopic (exact) mass is 390 g/mol. The van der Waals surface area contributed by atoms with Crippen LogP contribution in [0.15, 0.2) is 48.0 Å². The lowest BCUT2D eigenvalue weighted by molar-refractivity contribution is -0.122. The smallest absolute Gasteiger partial charge is 0.336 e. The summed E-state index contributed by atoms with van der Waals surface area (Å²) in [6.45, 7) is 0. The third-order valence-corrected chi connectivity index (χ3v) is 4.25. The lowest BCUT2D eigenvalue weighted by Crippen LogP contribution is -2.54. The number of amides is 4. The molecule has 0 aliphatic carbocycles. The third kappa shape index (κ3) is 3.29. The Hall–Kier alpha value is -2.83. The second-order valence-corrected chi connectivity index (χ2v) is 6.14. The topological polar surface area (TPSA) is 75.7 Å². The molecule has 132 valence electrons. The van der Waals surface area contributed by atoms with Crippen LogP contribution in [0.2, 0.25) is 10.0 Å². The van der Waals surface area contributed by atoms with Gasteiger partial charge in [0.05, 0.1) is 12.8 Å². The Morgan fingerprint density at radius 3 is 2.50 bits per heavy atom. The number of urea groups is 1. The summed E-state index contributed by atoms with van der Waals surface area (Å²) in [4.78, 5) is 38.1. The molecule has 6 nitrogen and oxygen atoms in total. The first kappa shape index (κ1) is 18.0. The molecule has 0 aromatic heterocycles. The Bertz CT molecular complexity index is 956. The number of para-hydroxylation sites is 2. The first-order chi connectivity index (χ1) is 12.4. The van der Waals surface area contributed by atoms with Crippen molar-refractivity contribution in [3.63, 3.8) is 0 Å². The van der Waals surface area contributed by atoms with Gasteiger partial charge in [-0.15, -0.1) is 0 Å². The van der Waals surface area contributed by atoms with Crippen molar-refractivity contribution in [3.05, 3.63) is 63.6 Å². The van der Waals surface area contributed by atoms with Gasteiger partial charge in [0.1, 0.15) is 11.3 Å². The van der Waals surface area contributed by atoms with E-state index in [0.29, 0.717) is 16.3 Å². The van der Waals surface area contributed by atoms with Crippen LogP contribution in [0.5, 0.6) is 5.75 Å². The lowest BCUT2D eigenvalue weighted by Gasteiger charge is -2.27. The molecule has 0 spiro atoms. The molecule has 0 atom stereocenters. The van der Waals surface area contributed by atoms with Gasteiger partial charge >= 0.3 is 6.03 Å². The molecule has 26 heavy (non-hydrogen) atoms. The van der Waals surface area contributed by atoms with Crippen LogP contribution >= 0.6 is 23.2 Å². The van der Waals surface area contributed by atoms with E-state index in [4.69, 9.17) is 27.9 Å². The van der Waals surface area contributed by atoms with E-state index in [2.05, 4.69) is 5.32 Å². The molecule has 0 radical (unpaired) electrons. The van der Waals surface area contributed by atoms with E-state index >= 15 is 0 Å². The molecule has 1 aliphatic heterocycles. The summed E-state index contributed by atoms with van der Waals surface area (Å²) < 4.78 is 5.19. The quantitative estimate of drug-likeness (QED) is 0.640. The zero-order valence-corrected chi connectivity index (χ0v) is 15.0. The number of ether oxygens (including phenoxy) is 1. The van der Waals surface area contributed by atoms with Crippen molar-refractivity contribution in [2.75, 3.05) is 12.0 Å². The molecule has 2 aromatic rings. The SMILES string of the molecule is COc1ccccc1N1C(=O)NC(=O)/C(=C\c2ccc(Cl)cc2Cl)C1=O. The molecule has 4 amide bonds. The number of imide groups is 2. The number of rotatable bonds is 3. The molecule has 2 aromatic carbocycles. The van der Waals surface area contributed by atoms with Crippen molar-refractivity contribution in [3.8, 4) is 5.75 Å². The number of nitrogens with zero attached hydrogens (tertiary/aromatic N) is 1. The summed E-state index contributed by atoms with van der Waals surface area (Å²) in [5, 5.41) is 2.83. The van der Waals surface area contributed by atoms with Crippen molar-refractivity contribution in [1.82, 2.24) is 5.32 Å². The van der Waals surface area contributed by atoms with E-state index in [1.165, 1.54) is 19.3 Å². The van der Waals surface area contributed by atoms with Crippen LogP contribution in [0.3, 0.4) is 0 Å². The molecular weight excluding hydrogens is 379 g/mol. The lowest BCUT2D eigenvalue weighted by atomic mass is 10.1. The molecule has 1 saturated heterocycles. The van der Waals surface area contributed by atoms with E-state index in [9.17, 15) is 14.4 Å². The number of methoxy groups -OCH3 is 1. The second kappa shape index (κ2) is 7.19. The van der Waals surface area contributed by atoms with Crippen LogP contribution < -0.4 is 15.0 Å². The number of benzene rings is 2. The van der Waals surface area contributed by atoms with Gasteiger partial charge in [-0.1, -0.05) is 41.4 Å². The fourth-order valence-electron chi connectivity index (χ4n) is 2.46. The summed E-state index contributed by atoms with van der Waals surface area (Å²) in [5.74, 6) is -1.28. The van der Waals surface area contributed by atoms with Crippen LogP contribution in [-0.4, -0.2) is 25.0 Å². The first-order valence-electron chi connectivity index (χ1n) is 7.42. The Kier molecular flexibility index (Phi) is 4.97. The van der Waals surface area contributed by atoms with E-state index in [1.54, 1.807) is 36.4 Å². The van der Waals surface area contributed by atoms with E-state index in [0.717, 1.165) is 4.90 Å². The number of nitrogens with one attached hydrogen (secondary N) is 1. The Labute approximate surface area is 158 Å². The highest BCUT2D eigenvalue weighted by Gasteiger charge is 2.38. The molecule has 8 heteroatoms. The number of halogens is 2. The number of carbonyl (C=O) groups is 3. The van der Waals surface area contributed by atoms with Crippen LogP contribution in [0.4, 0.5) is 10.5 Å². The van der Waals surface area contributed by atoms with Crippen molar-refractivity contribution >= 4 is 52.8 Å². The molecule has 0 saturated carbocycles. The van der Waals surface area contributed by atoms with Gasteiger partial charge in [0.2, 0.25) is 0 Å². The third-order valence-electron chi connectivity index (χ3n) is 3.69. The standard InChI is InChI=1S/C18H12Cl2N2O4/c1-26-15-5-3-2-4-14(15)22-17(24)12(16(23)21-18(22)25)8-10-6-7-11(19)9-13(10)20/h2-9H,1H3,(H,21,23,25)/b12-8+. The zero-order valence-electron chi connectivity index (χ0n) is 13.5. The minimum Gasteiger partial charge on any atom is -0.495 e. The number of barbiturate groups is 1. The number of carbonyl (C=O) groups excluding carboxylic acids is 3. The first-order valence-corrected chi connectivity index (χ1v) is 8.17. The van der Waals surface area contributed by atoms with Crippen molar-refractivity contribution in [2.24, 2.45) is 0 Å². The van der Waals surface area contributed by atoms with Gasteiger partial charge in [-0.25, -0.2) is 9.69 Å². The molecular formula is C18H12Cl2N2O4. The molecule has 1 N–H and O–H groups in total. The van der Waals surface area contributed by atoms with Crippen LogP contribution in [-0.2, 0) is 9.59 Å². The minimum atomic E-state index is -0.858. The van der Waals surface area contributed by atoms with Crippen LogP contribution in [0.1, 0.15) is 5.56 Å². The van der Waals surface area contributed by atoms with Crippen LogP contribution in [0, 0.1) is 0 Å². The van der Waals surface area contributed by atoms with Crippen molar-refractivity contribution < 1.29 is 19.1 Å². The molecule has 3 rings (SSSR count). The average Bonchev–Trinajstić information content (AvgIpc) is 2.60. The summed E-state index contributed by atoms with van der Waals surface area (Å²) in [6.07, 6.45) is 1.31. The number of hydrogen-bond acceptors (Lipinski definition) is 4. The number of anilines is 1. The van der Waals surface area contributed by atoms with Gasteiger partial charge in [0.15, 0.2) is 0 Å². The van der Waals surface area contributed by atoms with Crippen molar-refractivity contribution in [2.45, 2.75) is 0 Å². The largest absolute Gasteiger partial charge is 0.495 e. The Balaban J connectivity index is 2.07. The van der Waals surface area contributed by atoms with Gasteiger partial charge in [-0.2, -0.15) is 0 Å². The van der Waals surface area contributed by atoms with Crippen molar-refractivity contribution in [1.29, 1.82) is 0 Å². The summed E-state index contributed by atoms with van der Waals surface area (Å²) in [7, 11) is 1.42. The van der Waals surface area contributed by atoms with Crippen LogP contribution in [0.25, 0.3) is 6.08 Å². The highest BCUT2D eigenvalue weighted by molar-refractivity contribution is 6.40. The van der Waals surface area contributed by atoms with E-state index in [1.807, 2.05) is 0 Å². The molecule has 0 bridgehead atoms. The minimum absolute atomic E-state index is 0.220. The maximum Gasteiger partial charge on any atom is 0.336 e. The summed E-state index contributed by atoms with van der Waals surface area (Å²) >= 11 is 12.0. The predicted molar refractivity (Wildman–Crippen MR) is 98.5 cm³/mol. The Morgan fingerprint density at radius 1 is 1.08 bits per heavy atom. The molecule has 1 fully saturated rings. The van der Waals surface area contributed by atoms with Gasteiger partial charge in [-0.05, 0) is 35.9 Å². The summed E-state index contributed by atoms with van der Waals surface area (Å²) in [5.41, 5.74) is 0.404. The zero-order chi connectivity index (χ0) is 18.8. The normalized spacial score (nSPS) is 16.0. The highest BCUT2D eigenvalue weighted by Crippen LogP contribution is 2.31. The fraction of sp³-hybridized carbons (Fsp3) is 0.0556. The maximum atomic E-state index is 12.8. The molecule has 0 unspecified atom stereocenters. The Morgan fingerprint density at radius 2 is 1.81 bits per heavy atom. The molecule has 1 heterocycles. The van der Waals surface area contributed by atoms with Gasteiger partial charge in [-0.3, -0.25) is 14.9 Å². The average molecular weight is 391 g/mol.